The van der Waals surface area contributed by atoms with Crippen LogP contribution in [0.5, 0.6) is 0 Å². The first kappa shape index (κ1) is 14.7. The van der Waals surface area contributed by atoms with Gasteiger partial charge in [-0.15, -0.1) is 0 Å². The average Bonchev–Trinajstić information content (AvgIpc) is 2.38. The van der Waals surface area contributed by atoms with E-state index in [2.05, 4.69) is 68.4 Å². The van der Waals surface area contributed by atoms with Crippen molar-refractivity contribution in [2.75, 3.05) is 17.2 Å². The summed E-state index contributed by atoms with van der Waals surface area (Å²) in [7, 11) is 0. The Kier molecular flexibility index (Phi) is 5.18. The molecule has 1 heterocycles. The number of nitrogens with one attached hydrogen (secondary N) is 2. The van der Waals surface area contributed by atoms with E-state index in [0.29, 0.717) is 5.82 Å². The lowest BCUT2D eigenvalue weighted by atomic mass is 10.3. The van der Waals surface area contributed by atoms with Crippen LogP contribution in [-0.4, -0.2) is 16.5 Å². The first-order valence-electron chi connectivity index (χ1n) is 5.59. The van der Waals surface area contributed by atoms with E-state index in [0.717, 1.165) is 31.5 Å². The number of hydrogen-bond acceptors (Lipinski definition) is 4. The highest BCUT2D eigenvalue weighted by Gasteiger charge is 2.11. The Morgan fingerprint density at radius 1 is 1.05 bits per heavy atom. The topological polar surface area (TPSA) is 49.8 Å². The summed E-state index contributed by atoms with van der Waals surface area (Å²) in [6, 6.07) is 5.89. The molecule has 1 aromatic carbocycles. The zero-order valence-corrected chi connectivity index (χ0v) is 14.8. The molecule has 0 amide bonds. The van der Waals surface area contributed by atoms with Gasteiger partial charge < -0.3 is 10.6 Å². The van der Waals surface area contributed by atoms with Gasteiger partial charge in [0, 0.05) is 15.5 Å². The molecule has 0 spiro atoms. The lowest BCUT2D eigenvalue weighted by Gasteiger charge is -2.13. The third-order valence-electron chi connectivity index (χ3n) is 2.34. The minimum Gasteiger partial charge on any atom is -0.369 e. The second-order valence-electron chi connectivity index (χ2n) is 3.64. The van der Waals surface area contributed by atoms with Crippen LogP contribution in [0.3, 0.4) is 0 Å². The zero-order valence-electron chi connectivity index (χ0n) is 10.0. The van der Waals surface area contributed by atoms with Crippen LogP contribution in [-0.2, 0) is 0 Å². The van der Waals surface area contributed by atoms with Gasteiger partial charge in [-0.25, -0.2) is 9.97 Å². The summed E-state index contributed by atoms with van der Waals surface area (Å²) in [4.78, 5) is 8.43. The highest BCUT2D eigenvalue weighted by Crippen LogP contribution is 2.35. The molecule has 0 unspecified atom stereocenters. The molecule has 0 bridgehead atoms. The number of benzene rings is 1. The first-order chi connectivity index (χ1) is 9.13. The lowest BCUT2D eigenvalue weighted by molar-refractivity contribution is 1.10. The quantitative estimate of drug-likeness (QED) is 0.692. The summed E-state index contributed by atoms with van der Waals surface area (Å²) in [6.45, 7) is 2.82. The molecular weight excluding hydrogens is 440 g/mol. The Morgan fingerprint density at radius 2 is 1.68 bits per heavy atom. The number of hydrogen-bond donors (Lipinski definition) is 2. The monoisotopic (exact) mass is 448 g/mol. The van der Waals surface area contributed by atoms with E-state index in [-0.39, 0.29) is 0 Å². The molecule has 100 valence electrons. The SMILES string of the molecule is CCNc1ncnc(Nc2c(Br)cccc2Br)c1Br. The van der Waals surface area contributed by atoms with E-state index in [9.17, 15) is 0 Å². The van der Waals surface area contributed by atoms with Crippen LogP contribution >= 0.6 is 47.8 Å². The molecule has 4 nitrogen and oxygen atoms in total. The van der Waals surface area contributed by atoms with Crippen LogP contribution in [0.15, 0.2) is 37.9 Å². The highest BCUT2D eigenvalue weighted by molar-refractivity contribution is 9.11. The molecule has 0 aliphatic carbocycles. The average molecular weight is 451 g/mol. The largest absolute Gasteiger partial charge is 0.369 e. The van der Waals surface area contributed by atoms with Crippen LogP contribution in [0.2, 0.25) is 0 Å². The summed E-state index contributed by atoms with van der Waals surface area (Å²) in [6.07, 6.45) is 1.52. The Bertz CT molecular complexity index is 569. The maximum atomic E-state index is 4.25. The van der Waals surface area contributed by atoms with E-state index in [4.69, 9.17) is 0 Å². The molecule has 1 aromatic heterocycles. The second kappa shape index (κ2) is 6.67. The van der Waals surface area contributed by atoms with Crippen LogP contribution < -0.4 is 10.6 Å². The van der Waals surface area contributed by atoms with Gasteiger partial charge in [0.2, 0.25) is 0 Å². The third kappa shape index (κ3) is 3.46. The Labute approximate surface area is 136 Å². The zero-order chi connectivity index (χ0) is 13.8. The van der Waals surface area contributed by atoms with Crippen molar-refractivity contribution >= 4 is 65.1 Å². The van der Waals surface area contributed by atoms with Gasteiger partial charge in [0.05, 0.1) is 5.69 Å². The van der Waals surface area contributed by atoms with Crippen molar-refractivity contribution in [2.24, 2.45) is 0 Å². The van der Waals surface area contributed by atoms with Crippen LogP contribution in [0, 0.1) is 0 Å². The van der Waals surface area contributed by atoms with Gasteiger partial charge >= 0.3 is 0 Å². The molecule has 0 aliphatic heterocycles. The van der Waals surface area contributed by atoms with Gasteiger partial charge in [0.1, 0.15) is 22.4 Å². The van der Waals surface area contributed by atoms with Crippen molar-refractivity contribution in [2.45, 2.75) is 6.92 Å². The Morgan fingerprint density at radius 3 is 2.32 bits per heavy atom. The van der Waals surface area contributed by atoms with Gasteiger partial charge in [0.15, 0.2) is 0 Å². The molecule has 0 radical (unpaired) electrons. The molecule has 0 saturated heterocycles. The van der Waals surface area contributed by atoms with Crippen LogP contribution in [0.25, 0.3) is 0 Å². The fourth-order valence-corrected chi connectivity index (χ4v) is 3.12. The summed E-state index contributed by atoms with van der Waals surface area (Å²) in [5, 5.41) is 6.45. The van der Waals surface area contributed by atoms with Crippen molar-refractivity contribution in [3.05, 3.63) is 37.9 Å². The van der Waals surface area contributed by atoms with Crippen molar-refractivity contribution in [3.63, 3.8) is 0 Å². The summed E-state index contributed by atoms with van der Waals surface area (Å²) >= 11 is 10.5. The van der Waals surface area contributed by atoms with E-state index in [1.807, 2.05) is 25.1 Å². The smallest absolute Gasteiger partial charge is 0.150 e. The molecule has 7 heteroatoms. The highest BCUT2D eigenvalue weighted by atomic mass is 79.9. The van der Waals surface area contributed by atoms with Crippen molar-refractivity contribution in [1.29, 1.82) is 0 Å². The van der Waals surface area contributed by atoms with Crippen molar-refractivity contribution < 1.29 is 0 Å². The molecule has 2 aromatic rings. The molecule has 0 aliphatic rings. The minimum atomic E-state index is 0.707. The normalized spacial score (nSPS) is 10.3. The number of aromatic nitrogens is 2. The molecule has 0 saturated carbocycles. The fraction of sp³-hybridized carbons (Fsp3) is 0.167. The molecule has 2 N–H and O–H groups in total. The number of para-hydroxylation sites is 1. The predicted octanol–water partition coefficient (Wildman–Crippen LogP) is 4.94. The lowest BCUT2D eigenvalue weighted by Crippen LogP contribution is -2.04. The van der Waals surface area contributed by atoms with Gasteiger partial charge in [-0.3, -0.25) is 0 Å². The van der Waals surface area contributed by atoms with E-state index in [1.54, 1.807) is 0 Å². The standard InChI is InChI=1S/C12H11Br3N4/c1-2-16-11-9(15)12(18-6-17-11)19-10-7(13)4-3-5-8(10)14/h3-6H,2H2,1H3,(H2,16,17,18,19). The summed E-state index contributed by atoms with van der Waals surface area (Å²) in [5.41, 5.74) is 0.921. The van der Waals surface area contributed by atoms with E-state index < -0.39 is 0 Å². The summed E-state index contributed by atoms with van der Waals surface area (Å²) < 4.78 is 2.72. The van der Waals surface area contributed by atoms with Gasteiger partial charge in [-0.1, -0.05) is 6.07 Å². The molecule has 0 fully saturated rings. The first-order valence-corrected chi connectivity index (χ1v) is 7.96. The maximum absolute atomic E-state index is 4.25. The molecular formula is C12H11Br3N4. The van der Waals surface area contributed by atoms with E-state index in [1.165, 1.54) is 6.33 Å². The van der Waals surface area contributed by atoms with Crippen molar-refractivity contribution in [3.8, 4) is 0 Å². The number of rotatable bonds is 4. The van der Waals surface area contributed by atoms with E-state index >= 15 is 0 Å². The fourth-order valence-electron chi connectivity index (χ4n) is 1.48. The number of anilines is 3. The van der Waals surface area contributed by atoms with Gasteiger partial charge in [-0.05, 0) is 66.8 Å². The third-order valence-corrected chi connectivity index (χ3v) is 4.41. The number of halogens is 3. The Balaban J connectivity index is 2.36. The maximum Gasteiger partial charge on any atom is 0.150 e. The van der Waals surface area contributed by atoms with Crippen LogP contribution in [0.1, 0.15) is 6.92 Å². The van der Waals surface area contributed by atoms with Gasteiger partial charge in [0.25, 0.3) is 0 Å². The Hall–Kier alpha value is -0.660. The molecule has 0 atom stereocenters. The predicted molar refractivity (Wildman–Crippen MR) is 89.0 cm³/mol. The minimum absolute atomic E-state index is 0.707. The summed E-state index contributed by atoms with van der Waals surface area (Å²) in [5.74, 6) is 1.47. The molecule has 2 rings (SSSR count). The van der Waals surface area contributed by atoms with Gasteiger partial charge in [-0.2, -0.15) is 0 Å². The van der Waals surface area contributed by atoms with Crippen molar-refractivity contribution in [1.82, 2.24) is 9.97 Å². The second-order valence-corrected chi connectivity index (χ2v) is 6.14. The van der Waals surface area contributed by atoms with Crippen LogP contribution in [0.4, 0.5) is 17.3 Å². The number of nitrogens with zero attached hydrogens (tertiary/aromatic N) is 2. The molecule has 19 heavy (non-hydrogen) atoms.